The number of carbonyl (C=O) groups excluding carboxylic acids is 1. The molecule has 0 saturated heterocycles. The average molecular weight is 410 g/mol. The van der Waals surface area contributed by atoms with Crippen molar-refractivity contribution in [2.75, 3.05) is 0 Å². The molecule has 4 aromatic rings. The Hall–Kier alpha value is -3.87. The number of hydrogen-bond acceptors (Lipinski definition) is 5. The van der Waals surface area contributed by atoms with Crippen LogP contribution in [0.4, 0.5) is 0 Å². The van der Waals surface area contributed by atoms with Crippen LogP contribution in [0, 0.1) is 0 Å². The van der Waals surface area contributed by atoms with Crippen LogP contribution < -0.4 is 0 Å². The van der Waals surface area contributed by atoms with Gasteiger partial charge in [0.2, 0.25) is 5.82 Å². The number of hydrogen-bond donors (Lipinski definition) is 0. The quantitative estimate of drug-likeness (QED) is 0.463. The molecule has 3 heterocycles. The second-order valence-corrected chi connectivity index (χ2v) is 7.69. The first kappa shape index (κ1) is 19.1. The molecule has 1 aliphatic carbocycles. The molecule has 1 aromatic carbocycles. The Kier molecular flexibility index (Phi) is 5.22. The van der Waals surface area contributed by atoms with Gasteiger partial charge in [-0.05, 0) is 54.3 Å². The fourth-order valence-corrected chi connectivity index (χ4v) is 3.54. The van der Waals surface area contributed by atoms with Crippen molar-refractivity contribution in [2.24, 2.45) is 0 Å². The van der Waals surface area contributed by atoms with Crippen LogP contribution in [0.5, 0.6) is 0 Å². The summed E-state index contributed by atoms with van der Waals surface area (Å²) < 4.78 is 1.82. The molecule has 154 valence electrons. The Labute approximate surface area is 180 Å². The van der Waals surface area contributed by atoms with Crippen LogP contribution in [-0.2, 0) is 13.1 Å². The molecule has 1 fully saturated rings. The Balaban J connectivity index is 1.48. The first-order chi connectivity index (χ1) is 15.3. The number of benzene rings is 1. The van der Waals surface area contributed by atoms with Gasteiger partial charge in [0.15, 0.2) is 0 Å². The van der Waals surface area contributed by atoms with Gasteiger partial charge in [-0.25, -0.2) is 9.67 Å². The SMILES string of the molecule is O=C(c1nc(C2CC2)n(-c2ccccc2)n1)N(Cc1ccncc1)Cc1cccnc1. The number of rotatable bonds is 7. The van der Waals surface area contributed by atoms with Gasteiger partial charge in [0.05, 0.1) is 5.69 Å². The van der Waals surface area contributed by atoms with E-state index < -0.39 is 0 Å². The normalized spacial score (nSPS) is 13.2. The maximum absolute atomic E-state index is 13.5. The lowest BCUT2D eigenvalue weighted by Gasteiger charge is -2.21. The van der Waals surface area contributed by atoms with Gasteiger partial charge in [0.25, 0.3) is 5.91 Å². The predicted octanol–water partition coefficient (Wildman–Crippen LogP) is 3.78. The van der Waals surface area contributed by atoms with Gasteiger partial charge in [-0.2, -0.15) is 0 Å². The first-order valence-electron chi connectivity index (χ1n) is 10.4. The van der Waals surface area contributed by atoms with E-state index in [4.69, 9.17) is 0 Å². The van der Waals surface area contributed by atoms with Crippen molar-refractivity contribution in [2.45, 2.75) is 31.8 Å². The highest BCUT2D eigenvalue weighted by Gasteiger charge is 2.32. The van der Waals surface area contributed by atoms with E-state index in [1.165, 1.54) is 0 Å². The van der Waals surface area contributed by atoms with Crippen LogP contribution in [0.25, 0.3) is 5.69 Å². The molecule has 0 N–H and O–H groups in total. The number of amides is 1. The number of aromatic nitrogens is 5. The third-order valence-electron chi connectivity index (χ3n) is 5.27. The van der Waals surface area contributed by atoms with Gasteiger partial charge < -0.3 is 4.90 Å². The standard InChI is InChI=1S/C24H22N6O/c31-24(22-27-23(20-8-9-20)30(28-22)21-6-2-1-3-7-21)29(16-18-10-13-25-14-11-18)17-19-5-4-12-26-15-19/h1-7,10-15,20H,8-9,16-17H2. The molecule has 0 spiro atoms. The third kappa shape index (κ3) is 4.35. The minimum atomic E-state index is -0.197. The van der Waals surface area contributed by atoms with Crippen LogP contribution >= 0.6 is 0 Å². The molecule has 0 bridgehead atoms. The third-order valence-corrected chi connectivity index (χ3v) is 5.27. The highest BCUT2D eigenvalue weighted by Crippen LogP contribution is 2.39. The minimum absolute atomic E-state index is 0.197. The van der Waals surface area contributed by atoms with Crippen molar-refractivity contribution in [3.8, 4) is 5.69 Å². The molecule has 0 aliphatic heterocycles. The molecule has 1 amide bonds. The summed E-state index contributed by atoms with van der Waals surface area (Å²) in [7, 11) is 0. The van der Waals surface area contributed by atoms with Crippen LogP contribution in [0.3, 0.4) is 0 Å². The van der Waals surface area contributed by atoms with Crippen molar-refractivity contribution in [3.05, 3.63) is 102 Å². The minimum Gasteiger partial charge on any atom is -0.327 e. The van der Waals surface area contributed by atoms with Crippen molar-refractivity contribution in [3.63, 3.8) is 0 Å². The Morgan fingerprint density at radius 2 is 1.68 bits per heavy atom. The van der Waals surface area contributed by atoms with Crippen LogP contribution in [-0.4, -0.2) is 35.5 Å². The summed E-state index contributed by atoms with van der Waals surface area (Å²) in [5.74, 6) is 1.25. The highest BCUT2D eigenvalue weighted by molar-refractivity contribution is 5.90. The number of para-hydroxylation sites is 1. The van der Waals surface area contributed by atoms with Gasteiger partial charge in [-0.3, -0.25) is 14.8 Å². The number of nitrogens with zero attached hydrogens (tertiary/aromatic N) is 6. The fourth-order valence-electron chi connectivity index (χ4n) is 3.54. The van der Waals surface area contributed by atoms with Gasteiger partial charge in [-0.1, -0.05) is 24.3 Å². The predicted molar refractivity (Wildman–Crippen MR) is 115 cm³/mol. The monoisotopic (exact) mass is 410 g/mol. The van der Waals surface area contributed by atoms with Gasteiger partial charge >= 0.3 is 0 Å². The zero-order valence-corrected chi connectivity index (χ0v) is 17.0. The summed E-state index contributed by atoms with van der Waals surface area (Å²) >= 11 is 0. The summed E-state index contributed by atoms with van der Waals surface area (Å²) in [4.78, 5) is 28.2. The Morgan fingerprint density at radius 3 is 2.39 bits per heavy atom. The van der Waals surface area contributed by atoms with E-state index in [0.717, 1.165) is 35.5 Å². The molecule has 5 rings (SSSR count). The van der Waals surface area contributed by atoms with E-state index in [1.54, 1.807) is 29.7 Å². The molecule has 0 radical (unpaired) electrons. The molecule has 1 saturated carbocycles. The molecule has 7 heteroatoms. The molecule has 3 aromatic heterocycles. The van der Waals surface area contributed by atoms with E-state index in [0.29, 0.717) is 19.0 Å². The topological polar surface area (TPSA) is 76.8 Å². The second kappa shape index (κ2) is 8.47. The van der Waals surface area contributed by atoms with E-state index in [2.05, 4.69) is 20.1 Å². The molecule has 7 nitrogen and oxygen atoms in total. The van der Waals surface area contributed by atoms with Crippen molar-refractivity contribution in [1.82, 2.24) is 29.6 Å². The Bertz CT molecular complexity index is 1120. The molecule has 1 aliphatic rings. The van der Waals surface area contributed by atoms with Gasteiger partial charge in [-0.15, -0.1) is 5.10 Å². The summed E-state index contributed by atoms with van der Waals surface area (Å²) in [5.41, 5.74) is 2.87. The fraction of sp³-hybridized carbons (Fsp3) is 0.208. The summed E-state index contributed by atoms with van der Waals surface area (Å²) in [5, 5.41) is 4.63. The van der Waals surface area contributed by atoms with E-state index in [-0.39, 0.29) is 11.7 Å². The molecule has 31 heavy (non-hydrogen) atoms. The largest absolute Gasteiger partial charge is 0.327 e. The number of carbonyl (C=O) groups is 1. The lowest BCUT2D eigenvalue weighted by atomic mass is 10.2. The first-order valence-corrected chi connectivity index (χ1v) is 10.4. The Morgan fingerprint density at radius 1 is 0.903 bits per heavy atom. The zero-order valence-electron chi connectivity index (χ0n) is 17.0. The second-order valence-electron chi connectivity index (χ2n) is 7.69. The van der Waals surface area contributed by atoms with Crippen molar-refractivity contribution < 1.29 is 4.79 Å². The molecular formula is C24H22N6O. The van der Waals surface area contributed by atoms with Crippen LogP contribution in [0.2, 0.25) is 0 Å². The van der Waals surface area contributed by atoms with E-state index >= 15 is 0 Å². The van der Waals surface area contributed by atoms with Crippen molar-refractivity contribution in [1.29, 1.82) is 0 Å². The molecule has 0 atom stereocenters. The average Bonchev–Trinajstić information content (AvgIpc) is 3.58. The summed E-state index contributed by atoms with van der Waals surface area (Å²) in [6.07, 6.45) is 9.12. The smallest absolute Gasteiger partial charge is 0.294 e. The van der Waals surface area contributed by atoms with Crippen LogP contribution in [0.1, 0.15) is 46.3 Å². The number of pyridine rings is 2. The maximum atomic E-state index is 13.5. The summed E-state index contributed by atoms with van der Waals surface area (Å²) in [6, 6.07) is 17.5. The van der Waals surface area contributed by atoms with Crippen molar-refractivity contribution >= 4 is 5.91 Å². The van der Waals surface area contributed by atoms with Gasteiger partial charge in [0.1, 0.15) is 5.82 Å². The highest BCUT2D eigenvalue weighted by atomic mass is 16.2. The van der Waals surface area contributed by atoms with Gasteiger partial charge in [0, 0.05) is 43.8 Å². The summed E-state index contributed by atoms with van der Waals surface area (Å²) in [6.45, 7) is 0.864. The lowest BCUT2D eigenvalue weighted by Crippen LogP contribution is -2.31. The molecule has 0 unspecified atom stereocenters. The van der Waals surface area contributed by atoms with E-state index in [1.807, 2.05) is 59.3 Å². The molecular weight excluding hydrogens is 388 g/mol. The maximum Gasteiger partial charge on any atom is 0.294 e. The van der Waals surface area contributed by atoms with E-state index in [9.17, 15) is 4.79 Å². The lowest BCUT2D eigenvalue weighted by molar-refractivity contribution is 0.0717. The van der Waals surface area contributed by atoms with Crippen LogP contribution in [0.15, 0.2) is 79.4 Å². The zero-order chi connectivity index (χ0) is 21.0.